The zero-order chi connectivity index (χ0) is 11.8. The Kier molecular flexibility index (Phi) is 2.57. The summed E-state index contributed by atoms with van der Waals surface area (Å²) in [4.78, 5) is 5.66. The normalized spacial score (nSPS) is 11.1. The minimum atomic E-state index is 0.775. The first-order chi connectivity index (χ1) is 8.22. The van der Waals surface area contributed by atoms with Gasteiger partial charge in [-0.15, -0.1) is 11.3 Å². The van der Waals surface area contributed by atoms with Crippen LogP contribution in [0.25, 0.3) is 10.2 Å². The van der Waals surface area contributed by atoms with E-state index in [2.05, 4.69) is 4.98 Å². The lowest BCUT2D eigenvalue weighted by molar-refractivity contribution is 0.527. The highest BCUT2D eigenvalue weighted by atomic mass is 32.2. The average Bonchev–Trinajstić information content (AvgIpc) is 2.85. The third-order valence-corrected chi connectivity index (χ3v) is 4.62. The summed E-state index contributed by atoms with van der Waals surface area (Å²) in [5.41, 5.74) is 7.52. The molecule has 0 aliphatic carbocycles. The molecule has 5 heteroatoms. The van der Waals surface area contributed by atoms with E-state index < -0.39 is 0 Å². The number of aryl methyl sites for hydroxylation is 1. The second-order valence-corrected chi connectivity index (χ2v) is 5.97. The molecule has 3 rings (SSSR count). The number of nitrogens with zero attached hydrogens (tertiary/aromatic N) is 1. The summed E-state index contributed by atoms with van der Waals surface area (Å²) in [6.45, 7) is 1.95. The van der Waals surface area contributed by atoms with E-state index in [1.807, 2.05) is 31.2 Å². The molecule has 2 N–H and O–H groups in total. The van der Waals surface area contributed by atoms with Gasteiger partial charge in [0, 0.05) is 5.69 Å². The third kappa shape index (κ3) is 2.03. The van der Waals surface area contributed by atoms with Crippen molar-refractivity contribution in [3.63, 3.8) is 0 Å². The van der Waals surface area contributed by atoms with Crippen LogP contribution in [-0.2, 0) is 0 Å². The van der Waals surface area contributed by atoms with Crippen LogP contribution in [-0.4, -0.2) is 4.98 Å². The summed E-state index contributed by atoms with van der Waals surface area (Å²) < 4.78 is 7.39. The molecular formula is C12H10N2OS2. The number of anilines is 1. The summed E-state index contributed by atoms with van der Waals surface area (Å²) in [7, 11) is 0. The fourth-order valence-corrected chi connectivity index (χ4v) is 3.64. The molecule has 86 valence electrons. The first-order valence-electron chi connectivity index (χ1n) is 5.10. The summed E-state index contributed by atoms with van der Waals surface area (Å²) in [6.07, 6.45) is 1.70. The minimum Gasteiger partial charge on any atom is -0.468 e. The first kappa shape index (κ1) is 10.7. The number of benzene rings is 1. The fourth-order valence-electron chi connectivity index (χ4n) is 1.54. The third-order valence-electron chi connectivity index (χ3n) is 2.40. The number of nitrogens with two attached hydrogens (primary N) is 1. The molecule has 0 aliphatic rings. The van der Waals surface area contributed by atoms with Crippen molar-refractivity contribution in [2.24, 2.45) is 0 Å². The van der Waals surface area contributed by atoms with Crippen LogP contribution in [0.3, 0.4) is 0 Å². The molecule has 0 atom stereocenters. The van der Waals surface area contributed by atoms with Gasteiger partial charge in [-0.3, -0.25) is 0 Å². The monoisotopic (exact) mass is 262 g/mol. The summed E-state index contributed by atoms with van der Waals surface area (Å²) in [5.74, 6) is 0.925. The van der Waals surface area contributed by atoms with E-state index in [4.69, 9.17) is 10.2 Å². The Hall–Kier alpha value is -1.46. The van der Waals surface area contributed by atoms with Gasteiger partial charge in [-0.1, -0.05) is 11.8 Å². The molecule has 17 heavy (non-hydrogen) atoms. The van der Waals surface area contributed by atoms with E-state index in [-0.39, 0.29) is 0 Å². The molecule has 0 unspecified atom stereocenters. The smallest absolute Gasteiger partial charge is 0.156 e. The number of aromatic nitrogens is 1. The highest BCUT2D eigenvalue weighted by Gasteiger charge is 2.08. The van der Waals surface area contributed by atoms with Gasteiger partial charge < -0.3 is 10.2 Å². The number of thiazole rings is 1. The van der Waals surface area contributed by atoms with E-state index in [1.165, 1.54) is 0 Å². The maximum atomic E-state index is 5.75. The molecule has 1 aromatic carbocycles. The lowest BCUT2D eigenvalue weighted by atomic mass is 10.3. The molecule has 0 saturated heterocycles. The van der Waals surface area contributed by atoms with Crippen LogP contribution >= 0.6 is 23.1 Å². The maximum absolute atomic E-state index is 5.75. The lowest BCUT2D eigenvalue weighted by Crippen LogP contribution is -1.81. The molecule has 0 spiro atoms. The van der Waals surface area contributed by atoms with Crippen molar-refractivity contribution in [2.45, 2.75) is 16.2 Å². The zero-order valence-corrected chi connectivity index (χ0v) is 10.8. The first-order valence-corrected chi connectivity index (χ1v) is 6.74. The van der Waals surface area contributed by atoms with Crippen LogP contribution in [0.5, 0.6) is 0 Å². The largest absolute Gasteiger partial charge is 0.468 e. The van der Waals surface area contributed by atoms with Gasteiger partial charge in [-0.2, -0.15) is 0 Å². The second kappa shape index (κ2) is 4.09. The highest BCUT2D eigenvalue weighted by Crippen LogP contribution is 2.36. The lowest BCUT2D eigenvalue weighted by Gasteiger charge is -1.92. The van der Waals surface area contributed by atoms with Gasteiger partial charge in [-0.05, 0) is 31.2 Å². The van der Waals surface area contributed by atoms with E-state index in [9.17, 15) is 0 Å². The summed E-state index contributed by atoms with van der Waals surface area (Å²) in [6, 6.07) is 7.74. The number of fused-ring (bicyclic) bond motifs is 1. The average molecular weight is 262 g/mol. The molecule has 0 fully saturated rings. The predicted molar refractivity (Wildman–Crippen MR) is 71.6 cm³/mol. The second-order valence-electron chi connectivity index (χ2n) is 3.65. The van der Waals surface area contributed by atoms with Crippen molar-refractivity contribution < 1.29 is 4.42 Å². The Balaban J connectivity index is 1.99. The van der Waals surface area contributed by atoms with Crippen LogP contribution in [0, 0.1) is 6.92 Å². The molecular weight excluding hydrogens is 252 g/mol. The maximum Gasteiger partial charge on any atom is 0.156 e. The van der Waals surface area contributed by atoms with Gasteiger partial charge in [0.15, 0.2) is 4.34 Å². The van der Waals surface area contributed by atoms with Crippen molar-refractivity contribution in [1.82, 2.24) is 4.98 Å². The van der Waals surface area contributed by atoms with Gasteiger partial charge in [0.1, 0.15) is 5.76 Å². The number of nitrogen functional groups attached to an aromatic ring is 1. The van der Waals surface area contributed by atoms with Crippen molar-refractivity contribution in [1.29, 1.82) is 0 Å². The topological polar surface area (TPSA) is 52.0 Å². The van der Waals surface area contributed by atoms with E-state index >= 15 is 0 Å². The molecule has 0 amide bonds. The molecule has 3 aromatic rings. The summed E-state index contributed by atoms with van der Waals surface area (Å²) >= 11 is 3.27. The van der Waals surface area contributed by atoms with Crippen LogP contribution in [0.2, 0.25) is 0 Å². The number of hydrogen-bond acceptors (Lipinski definition) is 5. The van der Waals surface area contributed by atoms with E-state index in [0.29, 0.717) is 0 Å². The van der Waals surface area contributed by atoms with Crippen molar-refractivity contribution in [3.8, 4) is 0 Å². The summed E-state index contributed by atoms with van der Waals surface area (Å²) in [5, 5.41) is 0. The highest BCUT2D eigenvalue weighted by molar-refractivity contribution is 8.01. The van der Waals surface area contributed by atoms with Crippen molar-refractivity contribution in [2.75, 3.05) is 5.73 Å². The van der Waals surface area contributed by atoms with Crippen LogP contribution in [0.15, 0.2) is 44.2 Å². The van der Waals surface area contributed by atoms with Gasteiger partial charge in [0.2, 0.25) is 0 Å². The van der Waals surface area contributed by atoms with Crippen LogP contribution in [0.1, 0.15) is 5.76 Å². The Morgan fingerprint density at radius 2 is 2.24 bits per heavy atom. The van der Waals surface area contributed by atoms with Crippen molar-refractivity contribution >= 4 is 39.0 Å². The van der Waals surface area contributed by atoms with Crippen molar-refractivity contribution in [3.05, 3.63) is 36.3 Å². The quantitative estimate of drug-likeness (QED) is 0.711. The van der Waals surface area contributed by atoms with Gasteiger partial charge in [0.05, 0.1) is 21.4 Å². The standard InChI is InChI=1S/C12H10N2OS2/c1-7-10(4-5-15-7)16-12-14-9-3-2-8(13)6-11(9)17-12/h2-6H,13H2,1H3. The Labute approximate surface area is 107 Å². The Bertz CT molecular complexity index is 672. The predicted octanol–water partition coefficient (Wildman–Crippen LogP) is 3.93. The van der Waals surface area contributed by atoms with Gasteiger partial charge in [-0.25, -0.2) is 4.98 Å². The SMILES string of the molecule is Cc1occc1Sc1nc2ccc(N)cc2s1. The minimum absolute atomic E-state index is 0.775. The molecule has 3 nitrogen and oxygen atoms in total. The van der Waals surface area contributed by atoms with E-state index in [0.717, 1.165) is 30.9 Å². The zero-order valence-electron chi connectivity index (χ0n) is 9.14. The molecule has 2 heterocycles. The number of furan rings is 1. The Morgan fingerprint density at radius 3 is 3.00 bits per heavy atom. The molecule has 0 bridgehead atoms. The number of hydrogen-bond donors (Lipinski definition) is 1. The van der Waals surface area contributed by atoms with E-state index in [1.54, 1.807) is 29.4 Å². The molecule has 0 aliphatic heterocycles. The van der Waals surface area contributed by atoms with Gasteiger partial charge >= 0.3 is 0 Å². The Morgan fingerprint density at radius 1 is 1.35 bits per heavy atom. The molecule has 0 saturated carbocycles. The van der Waals surface area contributed by atoms with Crippen LogP contribution in [0.4, 0.5) is 5.69 Å². The molecule has 0 radical (unpaired) electrons. The molecule has 2 aromatic heterocycles. The fraction of sp³-hybridized carbons (Fsp3) is 0.0833. The van der Waals surface area contributed by atoms with Gasteiger partial charge in [0.25, 0.3) is 0 Å². The van der Waals surface area contributed by atoms with Crippen LogP contribution < -0.4 is 5.73 Å². The number of rotatable bonds is 2.